The first-order valence-corrected chi connectivity index (χ1v) is 8.69. The predicted octanol–water partition coefficient (Wildman–Crippen LogP) is 4.25. The van der Waals surface area contributed by atoms with Crippen molar-refractivity contribution in [1.82, 2.24) is 10.3 Å². The van der Waals surface area contributed by atoms with Crippen LogP contribution in [0.1, 0.15) is 75.1 Å². The highest BCUT2D eigenvalue weighted by Crippen LogP contribution is 2.45. The molecule has 1 aliphatic carbocycles. The standard InChI is InChI=1S/C16H28N2OS/c1-6-19-15(12-7-8-12)16-18-14(10(2)3)13(20-16)9-17-11(4)5/h10-12,15,17H,6-9H2,1-5H3. The van der Waals surface area contributed by atoms with Gasteiger partial charge in [0.1, 0.15) is 11.1 Å². The molecule has 3 nitrogen and oxygen atoms in total. The maximum atomic E-state index is 5.95. The second-order valence-electron chi connectivity index (χ2n) is 6.26. The largest absolute Gasteiger partial charge is 0.371 e. The Morgan fingerprint density at radius 1 is 1.30 bits per heavy atom. The second kappa shape index (κ2) is 7.01. The van der Waals surface area contributed by atoms with E-state index >= 15 is 0 Å². The summed E-state index contributed by atoms with van der Waals surface area (Å²) < 4.78 is 5.95. The monoisotopic (exact) mass is 296 g/mol. The van der Waals surface area contributed by atoms with Crippen molar-refractivity contribution in [3.63, 3.8) is 0 Å². The summed E-state index contributed by atoms with van der Waals surface area (Å²) in [5, 5.41) is 4.71. The summed E-state index contributed by atoms with van der Waals surface area (Å²) in [5.74, 6) is 1.18. The molecule has 0 aromatic carbocycles. The third kappa shape index (κ3) is 4.03. The summed E-state index contributed by atoms with van der Waals surface area (Å²) in [5.41, 5.74) is 1.25. The Labute approximate surface area is 127 Å². The van der Waals surface area contributed by atoms with Crippen LogP contribution in [0.2, 0.25) is 0 Å². The van der Waals surface area contributed by atoms with Crippen LogP contribution in [0.15, 0.2) is 0 Å². The van der Waals surface area contributed by atoms with Crippen molar-refractivity contribution >= 4 is 11.3 Å². The van der Waals surface area contributed by atoms with Crippen molar-refractivity contribution in [2.45, 2.75) is 72.1 Å². The van der Waals surface area contributed by atoms with Gasteiger partial charge in [0.15, 0.2) is 0 Å². The van der Waals surface area contributed by atoms with E-state index in [1.54, 1.807) is 0 Å². The van der Waals surface area contributed by atoms with Crippen LogP contribution in [0.4, 0.5) is 0 Å². The molecule has 4 heteroatoms. The Morgan fingerprint density at radius 3 is 2.50 bits per heavy atom. The third-order valence-electron chi connectivity index (χ3n) is 3.60. The highest BCUT2D eigenvalue weighted by Gasteiger charge is 2.35. The van der Waals surface area contributed by atoms with Gasteiger partial charge in [-0.15, -0.1) is 11.3 Å². The van der Waals surface area contributed by atoms with E-state index in [2.05, 4.69) is 39.9 Å². The zero-order chi connectivity index (χ0) is 14.7. The minimum atomic E-state index is 0.232. The molecule has 1 aromatic heterocycles. The number of nitrogens with zero attached hydrogens (tertiary/aromatic N) is 1. The molecule has 1 aliphatic rings. The maximum Gasteiger partial charge on any atom is 0.122 e. The van der Waals surface area contributed by atoms with Crippen LogP contribution in [-0.2, 0) is 11.3 Å². The van der Waals surface area contributed by atoms with Gasteiger partial charge in [0.25, 0.3) is 0 Å². The van der Waals surface area contributed by atoms with Crippen LogP contribution in [0.5, 0.6) is 0 Å². The summed E-state index contributed by atoms with van der Waals surface area (Å²) in [4.78, 5) is 6.30. The average Bonchev–Trinajstić information content (AvgIpc) is 3.12. The van der Waals surface area contributed by atoms with E-state index in [1.165, 1.54) is 28.4 Å². The van der Waals surface area contributed by atoms with Gasteiger partial charge in [-0.2, -0.15) is 0 Å². The molecule has 0 spiro atoms. The summed E-state index contributed by atoms with van der Waals surface area (Å²) in [6.45, 7) is 12.6. The molecule has 1 aromatic rings. The second-order valence-corrected chi connectivity index (χ2v) is 7.38. The van der Waals surface area contributed by atoms with E-state index in [1.807, 2.05) is 11.3 Å². The molecule has 1 heterocycles. The van der Waals surface area contributed by atoms with Crippen LogP contribution < -0.4 is 5.32 Å². The topological polar surface area (TPSA) is 34.1 Å². The number of ether oxygens (including phenoxy) is 1. The van der Waals surface area contributed by atoms with Gasteiger partial charge >= 0.3 is 0 Å². The Morgan fingerprint density at radius 2 is 2.00 bits per heavy atom. The Bertz CT molecular complexity index is 424. The van der Waals surface area contributed by atoms with Crippen molar-refractivity contribution in [1.29, 1.82) is 0 Å². The number of hydrogen-bond acceptors (Lipinski definition) is 4. The lowest BCUT2D eigenvalue weighted by Gasteiger charge is -2.13. The van der Waals surface area contributed by atoms with Gasteiger partial charge in [0, 0.05) is 24.1 Å². The van der Waals surface area contributed by atoms with Gasteiger partial charge in [0.05, 0.1) is 5.69 Å². The Hall–Kier alpha value is -0.450. The van der Waals surface area contributed by atoms with Crippen molar-refractivity contribution in [3.05, 3.63) is 15.6 Å². The molecule has 1 saturated carbocycles. The molecule has 0 saturated heterocycles. The van der Waals surface area contributed by atoms with Crippen LogP contribution >= 0.6 is 11.3 Å². The molecule has 2 rings (SSSR count). The van der Waals surface area contributed by atoms with Crippen LogP contribution in [0.3, 0.4) is 0 Å². The number of nitrogens with one attached hydrogen (secondary N) is 1. The molecule has 0 radical (unpaired) electrons. The highest BCUT2D eigenvalue weighted by molar-refractivity contribution is 7.11. The maximum absolute atomic E-state index is 5.95. The fourth-order valence-corrected chi connectivity index (χ4v) is 3.68. The summed E-state index contributed by atoms with van der Waals surface area (Å²) >= 11 is 1.85. The average molecular weight is 296 g/mol. The first kappa shape index (κ1) is 15.9. The van der Waals surface area contributed by atoms with E-state index in [0.29, 0.717) is 17.9 Å². The van der Waals surface area contributed by atoms with Crippen molar-refractivity contribution < 1.29 is 4.74 Å². The minimum absolute atomic E-state index is 0.232. The number of aromatic nitrogens is 1. The van der Waals surface area contributed by atoms with Crippen molar-refractivity contribution in [2.75, 3.05) is 6.61 Å². The van der Waals surface area contributed by atoms with Gasteiger partial charge in [-0.1, -0.05) is 27.7 Å². The molecule has 114 valence electrons. The van der Waals surface area contributed by atoms with Gasteiger partial charge in [-0.05, 0) is 31.6 Å². The molecule has 1 atom stereocenters. The molecule has 0 aliphatic heterocycles. The normalized spacial score (nSPS) is 17.1. The highest BCUT2D eigenvalue weighted by atomic mass is 32.1. The lowest BCUT2D eigenvalue weighted by molar-refractivity contribution is 0.0461. The van der Waals surface area contributed by atoms with Gasteiger partial charge in [-0.25, -0.2) is 4.98 Å². The molecule has 1 N–H and O–H groups in total. The van der Waals surface area contributed by atoms with Crippen LogP contribution in [-0.4, -0.2) is 17.6 Å². The fourth-order valence-electron chi connectivity index (χ4n) is 2.37. The summed E-state index contributed by atoms with van der Waals surface area (Å²) in [6, 6.07) is 0.506. The zero-order valence-electron chi connectivity index (χ0n) is 13.4. The molecular formula is C16H28N2OS. The summed E-state index contributed by atoms with van der Waals surface area (Å²) in [6.07, 6.45) is 2.82. The van der Waals surface area contributed by atoms with Crippen LogP contribution in [0, 0.1) is 5.92 Å². The minimum Gasteiger partial charge on any atom is -0.371 e. The molecule has 0 amide bonds. The Kier molecular flexibility index (Phi) is 5.58. The number of thiazole rings is 1. The number of rotatable bonds is 8. The summed E-state index contributed by atoms with van der Waals surface area (Å²) in [7, 11) is 0. The SMILES string of the molecule is CCOC(c1nc(C(C)C)c(CNC(C)C)s1)C1CC1. The predicted molar refractivity (Wildman–Crippen MR) is 85.3 cm³/mol. The lowest BCUT2D eigenvalue weighted by atomic mass is 10.1. The van der Waals surface area contributed by atoms with Gasteiger partial charge < -0.3 is 10.1 Å². The Balaban J connectivity index is 2.18. The molecular weight excluding hydrogens is 268 g/mol. The molecule has 0 bridgehead atoms. The smallest absolute Gasteiger partial charge is 0.122 e. The van der Waals surface area contributed by atoms with Crippen molar-refractivity contribution in [2.24, 2.45) is 5.92 Å². The first-order valence-electron chi connectivity index (χ1n) is 7.87. The van der Waals surface area contributed by atoms with E-state index in [9.17, 15) is 0 Å². The van der Waals surface area contributed by atoms with E-state index in [4.69, 9.17) is 9.72 Å². The molecule has 20 heavy (non-hydrogen) atoms. The molecule has 1 unspecified atom stereocenters. The fraction of sp³-hybridized carbons (Fsp3) is 0.812. The third-order valence-corrected chi connectivity index (χ3v) is 4.73. The van der Waals surface area contributed by atoms with Crippen molar-refractivity contribution in [3.8, 4) is 0 Å². The van der Waals surface area contributed by atoms with Gasteiger partial charge in [-0.3, -0.25) is 0 Å². The quantitative estimate of drug-likeness (QED) is 0.778. The lowest BCUT2D eigenvalue weighted by Crippen LogP contribution is -2.22. The first-order chi connectivity index (χ1) is 9.52. The van der Waals surface area contributed by atoms with Gasteiger partial charge in [0.2, 0.25) is 0 Å². The van der Waals surface area contributed by atoms with E-state index < -0.39 is 0 Å². The zero-order valence-corrected chi connectivity index (χ0v) is 14.2. The van der Waals surface area contributed by atoms with E-state index in [-0.39, 0.29) is 6.10 Å². The van der Waals surface area contributed by atoms with E-state index in [0.717, 1.165) is 13.2 Å². The number of hydrogen-bond donors (Lipinski definition) is 1. The van der Waals surface area contributed by atoms with Crippen LogP contribution in [0.25, 0.3) is 0 Å². The molecule has 1 fully saturated rings.